The van der Waals surface area contributed by atoms with Crippen LogP contribution in [0.4, 0.5) is 0 Å². The summed E-state index contributed by atoms with van der Waals surface area (Å²) in [5.74, 6) is -0.0292. The predicted molar refractivity (Wildman–Crippen MR) is 117 cm³/mol. The van der Waals surface area contributed by atoms with Crippen LogP contribution in [0, 0.1) is 13.8 Å². The first-order valence-electron chi connectivity index (χ1n) is 10.4. The number of amides is 2. The fourth-order valence-corrected chi connectivity index (χ4v) is 3.17. The van der Waals surface area contributed by atoms with Crippen LogP contribution in [0.1, 0.15) is 27.4 Å². The van der Waals surface area contributed by atoms with E-state index in [1.54, 1.807) is 43.3 Å². The molecule has 0 radical (unpaired) electrons. The molecule has 4 rings (SSSR count). The number of carbonyl (C=O) groups is 3. The minimum Gasteiger partial charge on any atom is -0.489 e. The van der Waals surface area contributed by atoms with Crippen molar-refractivity contribution in [2.75, 3.05) is 13.2 Å². The molecule has 0 saturated carbocycles. The topological polar surface area (TPSA) is 126 Å². The summed E-state index contributed by atoms with van der Waals surface area (Å²) in [6.45, 7) is 3.24. The van der Waals surface area contributed by atoms with Gasteiger partial charge in [-0.05, 0) is 50.2 Å². The van der Waals surface area contributed by atoms with Crippen molar-refractivity contribution in [2.24, 2.45) is 0 Å². The molecule has 3 aromatic rings. The molecule has 10 nitrogen and oxygen atoms in total. The fourth-order valence-electron chi connectivity index (χ4n) is 3.17. The van der Waals surface area contributed by atoms with Gasteiger partial charge in [0.25, 0.3) is 11.8 Å². The molecule has 34 heavy (non-hydrogen) atoms. The van der Waals surface area contributed by atoms with Gasteiger partial charge in [0.05, 0.1) is 16.8 Å². The maximum absolute atomic E-state index is 12.3. The third kappa shape index (κ3) is 5.34. The van der Waals surface area contributed by atoms with Crippen molar-refractivity contribution in [1.82, 2.24) is 10.5 Å². The van der Waals surface area contributed by atoms with Crippen molar-refractivity contribution in [2.45, 2.75) is 26.6 Å². The number of para-hydroxylation sites is 2. The normalized spacial score (nSPS) is 14.2. The molecule has 0 bridgehead atoms. The summed E-state index contributed by atoms with van der Waals surface area (Å²) in [5, 5.41) is 6.01. The van der Waals surface area contributed by atoms with Crippen molar-refractivity contribution in [3.05, 3.63) is 71.1 Å². The lowest BCUT2D eigenvalue weighted by Crippen LogP contribution is -2.47. The maximum Gasteiger partial charge on any atom is 0.338 e. The Labute approximate surface area is 194 Å². The minimum atomic E-state index is -0.993. The summed E-state index contributed by atoms with van der Waals surface area (Å²) in [4.78, 5) is 36.5. The highest BCUT2D eigenvalue weighted by molar-refractivity contribution is 5.99. The van der Waals surface area contributed by atoms with Gasteiger partial charge in [-0.3, -0.25) is 14.9 Å². The lowest BCUT2D eigenvalue weighted by molar-refractivity contribution is -0.137. The van der Waals surface area contributed by atoms with Crippen LogP contribution in [-0.2, 0) is 20.9 Å². The Bertz CT molecular complexity index is 1180. The van der Waals surface area contributed by atoms with Crippen LogP contribution in [0.3, 0.4) is 0 Å². The molecule has 2 amide bonds. The van der Waals surface area contributed by atoms with Crippen molar-refractivity contribution in [3.63, 3.8) is 0 Å². The summed E-state index contributed by atoms with van der Waals surface area (Å²) in [7, 11) is 0. The molecule has 1 aromatic heterocycles. The number of hydrogen-bond donors (Lipinski definition) is 1. The smallest absolute Gasteiger partial charge is 0.338 e. The second-order valence-corrected chi connectivity index (χ2v) is 7.47. The molecule has 0 saturated heterocycles. The van der Waals surface area contributed by atoms with Gasteiger partial charge in [-0.1, -0.05) is 17.3 Å². The predicted octanol–water partition coefficient (Wildman–Crippen LogP) is 2.51. The van der Waals surface area contributed by atoms with E-state index in [-0.39, 0.29) is 18.8 Å². The summed E-state index contributed by atoms with van der Waals surface area (Å²) >= 11 is 0. The SMILES string of the molecule is Cc1noc(C)c1COc1ccc(C(=O)OCC(=O)NC(=O)[C@H]2COc3ccccc3O2)cc1. The highest BCUT2D eigenvalue weighted by Crippen LogP contribution is 2.30. The summed E-state index contributed by atoms with van der Waals surface area (Å²) in [6, 6.07) is 13.1. The van der Waals surface area contributed by atoms with Crippen molar-refractivity contribution >= 4 is 17.8 Å². The molecule has 1 atom stereocenters. The van der Waals surface area contributed by atoms with Gasteiger partial charge >= 0.3 is 5.97 Å². The van der Waals surface area contributed by atoms with E-state index in [9.17, 15) is 14.4 Å². The molecule has 1 aliphatic heterocycles. The minimum absolute atomic E-state index is 0.0411. The number of ether oxygens (including phenoxy) is 4. The summed E-state index contributed by atoms with van der Waals surface area (Å²) in [5.41, 5.74) is 1.84. The Kier molecular flexibility index (Phi) is 6.77. The second kappa shape index (κ2) is 10.1. The van der Waals surface area contributed by atoms with Gasteiger partial charge < -0.3 is 23.5 Å². The van der Waals surface area contributed by atoms with Crippen LogP contribution in [0.15, 0.2) is 53.1 Å². The Morgan fingerprint density at radius 2 is 1.79 bits per heavy atom. The highest BCUT2D eigenvalue weighted by atomic mass is 16.6. The molecule has 0 aliphatic carbocycles. The van der Waals surface area contributed by atoms with E-state index in [1.165, 1.54) is 12.1 Å². The maximum atomic E-state index is 12.3. The molecule has 2 aromatic carbocycles. The summed E-state index contributed by atoms with van der Waals surface area (Å²) < 4.78 is 26.8. The number of carbonyl (C=O) groups excluding carboxylic acids is 3. The Hall–Kier alpha value is -4.34. The van der Waals surface area contributed by atoms with Gasteiger partial charge in [0, 0.05) is 0 Å². The van der Waals surface area contributed by atoms with E-state index in [1.807, 2.05) is 6.92 Å². The zero-order chi connectivity index (χ0) is 24.1. The highest BCUT2D eigenvalue weighted by Gasteiger charge is 2.28. The zero-order valence-electron chi connectivity index (χ0n) is 18.5. The molecule has 176 valence electrons. The fraction of sp³-hybridized carbons (Fsp3) is 0.250. The van der Waals surface area contributed by atoms with Gasteiger partial charge in [-0.2, -0.15) is 0 Å². The van der Waals surface area contributed by atoms with E-state index in [2.05, 4.69) is 10.5 Å². The quantitative estimate of drug-likeness (QED) is 0.523. The molecule has 0 unspecified atom stereocenters. The van der Waals surface area contributed by atoms with Gasteiger partial charge in [0.1, 0.15) is 24.7 Å². The van der Waals surface area contributed by atoms with Gasteiger partial charge in [-0.25, -0.2) is 4.79 Å². The van der Waals surface area contributed by atoms with E-state index in [0.717, 1.165) is 11.3 Å². The van der Waals surface area contributed by atoms with Crippen LogP contribution in [0.5, 0.6) is 17.2 Å². The standard InChI is InChI=1S/C24H22N2O8/c1-14-18(15(2)34-26-14)11-30-17-9-7-16(8-10-17)24(29)32-13-22(27)25-23(28)21-12-31-19-5-3-4-6-20(19)33-21/h3-10,21H,11-13H2,1-2H3,(H,25,27,28)/t21-/m1/s1. The number of aryl methyl sites for hydroxylation is 2. The lowest BCUT2D eigenvalue weighted by Gasteiger charge is -2.25. The van der Waals surface area contributed by atoms with Crippen LogP contribution in [-0.4, -0.2) is 42.3 Å². The number of benzene rings is 2. The first-order valence-corrected chi connectivity index (χ1v) is 10.4. The van der Waals surface area contributed by atoms with E-state index in [4.69, 9.17) is 23.5 Å². The summed E-state index contributed by atoms with van der Waals surface area (Å²) in [6.07, 6.45) is -0.993. The Morgan fingerprint density at radius 3 is 2.50 bits per heavy atom. The van der Waals surface area contributed by atoms with E-state index < -0.39 is 30.5 Å². The molecule has 1 N–H and O–H groups in total. The van der Waals surface area contributed by atoms with Gasteiger partial charge in [-0.15, -0.1) is 0 Å². The molecular weight excluding hydrogens is 444 g/mol. The van der Waals surface area contributed by atoms with E-state index >= 15 is 0 Å². The Morgan fingerprint density at radius 1 is 1.06 bits per heavy atom. The number of nitrogens with one attached hydrogen (secondary N) is 1. The largest absolute Gasteiger partial charge is 0.489 e. The van der Waals surface area contributed by atoms with Crippen LogP contribution >= 0.6 is 0 Å². The van der Waals surface area contributed by atoms with Crippen molar-refractivity contribution < 1.29 is 37.9 Å². The number of hydrogen-bond acceptors (Lipinski definition) is 9. The molecule has 0 spiro atoms. The average molecular weight is 466 g/mol. The monoisotopic (exact) mass is 466 g/mol. The zero-order valence-corrected chi connectivity index (χ0v) is 18.5. The number of esters is 1. The third-order valence-electron chi connectivity index (χ3n) is 5.05. The number of fused-ring (bicyclic) bond motifs is 1. The second-order valence-electron chi connectivity index (χ2n) is 7.47. The number of rotatable bonds is 7. The number of nitrogens with zero attached hydrogens (tertiary/aromatic N) is 1. The molecule has 2 heterocycles. The number of imide groups is 1. The first kappa shape index (κ1) is 22.8. The number of aromatic nitrogens is 1. The first-order chi connectivity index (χ1) is 16.4. The molecule has 0 fully saturated rings. The Balaban J connectivity index is 1.22. The van der Waals surface area contributed by atoms with Crippen molar-refractivity contribution in [3.8, 4) is 17.2 Å². The lowest BCUT2D eigenvalue weighted by atomic mass is 10.2. The molecular formula is C24H22N2O8. The van der Waals surface area contributed by atoms with Gasteiger partial charge in [0.15, 0.2) is 18.1 Å². The molecule has 10 heteroatoms. The molecule has 1 aliphatic rings. The van der Waals surface area contributed by atoms with Crippen LogP contribution in [0.25, 0.3) is 0 Å². The van der Waals surface area contributed by atoms with Crippen molar-refractivity contribution in [1.29, 1.82) is 0 Å². The van der Waals surface area contributed by atoms with E-state index in [0.29, 0.717) is 23.0 Å². The van der Waals surface area contributed by atoms with Crippen LogP contribution in [0.2, 0.25) is 0 Å². The van der Waals surface area contributed by atoms with Gasteiger partial charge in [0.2, 0.25) is 6.10 Å². The van der Waals surface area contributed by atoms with Crippen LogP contribution < -0.4 is 19.5 Å². The third-order valence-corrected chi connectivity index (χ3v) is 5.05. The average Bonchev–Trinajstić information content (AvgIpc) is 3.18.